The van der Waals surface area contributed by atoms with Gasteiger partial charge in [-0.15, -0.1) is 0 Å². The molecule has 1 unspecified atom stereocenters. The van der Waals surface area contributed by atoms with Gasteiger partial charge in [0.05, 0.1) is 6.61 Å². The number of amides is 1. The van der Waals surface area contributed by atoms with Crippen LogP contribution in [0.1, 0.15) is 89.9 Å². The Labute approximate surface area is 153 Å². The molecule has 0 aliphatic heterocycles. The SMILES string of the molecule is CP(=O)(O)OCCCCCCCCCCCCNC(=O)C1CCCC1. The van der Waals surface area contributed by atoms with Crippen LogP contribution in [0.2, 0.25) is 0 Å². The predicted molar refractivity (Wildman–Crippen MR) is 103 cm³/mol. The summed E-state index contributed by atoms with van der Waals surface area (Å²) in [7, 11) is -3.28. The van der Waals surface area contributed by atoms with Crippen molar-refractivity contribution in [3.05, 3.63) is 0 Å². The van der Waals surface area contributed by atoms with Gasteiger partial charge in [0.1, 0.15) is 0 Å². The molecule has 1 aliphatic rings. The molecule has 0 radical (unpaired) electrons. The van der Waals surface area contributed by atoms with Crippen LogP contribution in [0.4, 0.5) is 0 Å². The van der Waals surface area contributed by atoms with E-state index in [0.29, 0.717) is 12.5 Å². The molecule has 1 rings (SSSR count). The summed E-state index contributed by atoms with van der Waals surface area (Å²) in [5.41, 5.74) is 0. The second-order valence-electron chi connectivity index (χ2n) is 7.44. The normalized spacial score (nSPS) is 17.5. The van der Waals surface area contributed by atoms with Gasteiger partial charge in [-0.3, -0.25) is 9.36 Å². The van der Waals surface area contributed by atoms with Crippen molar-refractivity contribution in [1.82, 2.24) is 5.32 Å². The standard InChI is InChI=1S/C19H38NO4P/c1-25(22,23)24-17-13-9-7-5-3-2-4-6-8-12-16-20-19(21)18-14-10-11-15-18/h18H,2-17H2,1H3,(H,20,21)(H,22,23). The van der Waals surface area contributed by atoms with Crippen LogP contribution in [0.15, 0.2) is 0 Å². The first-order valence-corrected chi connectivity index (χ1v) is 12.2. The minimum atomic E-state index is -3.28. The van der Waals surface area contributed by atoms with E-state index in [1.54, 1.807) is 0 Å². The summed E-state index contributed by atoms with van der Waals surface area (Å²) < 4.78 is 15.8. The van der Waals surface area contributed by atoms with E-state index in [9.17, 15) is 9.36 Å². The summed E-state index contributed by atoms with van der Waals surface area (Å²) in [5.74, 6) is 0.574. The molecule has 25 heavy (non-hydrogen) atoms. The van der Waals surface area contributed by atoms with Crippen molar-refractivity contribution < 1.29 is 18.8 Å². The van der Waals surface area contributed by atoms with E-state index in [2.05, 4.69) is 5.32 Å². The van der Waals surface area contributed by atoms with Gasteiger partial charge in [-0.05, 0) is 25.7 Å². The molecule has 2 N–H and O–H groups in total. The summed E-state index contributed by atoms with van der Waals surface area (Å²) in [6.45, 7) is 2.47. The maximum Gasteiger partial charge on any atom is 0.325 e. The van der Waals surface area contributed by atoms with Gasteiger partial charge in [0.25, 0.3) is 0 Å². The Balaban J connectivity index is 1.74. The number of hydrogen-bond donors (Lipinski definition) is 2. The van der Waals surface area contributed by atoms with Gasteiger partial charge >= 0.3 is 7.60 Å². The Morgan fingerprint density at radius 1 is 0.960 bits per heavy atom. The minimum absolute atomic E-state index is 0.281. The van der Waals surface area contributed by atoms with Crippen molar-refractivity contribution in [1.29, 1.82) is 0 Å². The molecule has 148 valence electrons. The molecule has 1 atom stereocenters. The number of nitrogens with one attached hydrogen (secondary N) is 1. The topological polar surface area (TPSA) is 75.6 Å². The zero-order valence-electron chi connectivity index (χ0n) is 16.0. The molecule has 0 saturated heterocycles. The highest BCUT2D eigenvalue weighted by molar-refractivity contribution is 7.51. The lowest BCUT2D eigenvalue weighted by Crippen LogP contribution is -2.30. The zero-order chi connectivity index (χ0) is 18.4. The number of unbranched alkanes of at least 4 members (excludes halogenated alkanes) is 9. The number of rotatable bonds is 15. The van der Waals surface area contributed by atoms with E-state index < -0.39 is 7.60 Å². The summed E-state index contributed by atoms with van der Waals surface area (Å²) in [5, 5.41) is 3.09. The molecular formula is C19H38NO4P. The molecular weight excluding hydrogens is 337 g/mol. The Morgan fingerprint density at radius 3 is 1.96 bits per heavy atom. The lowest BCUT2D eigenvalue weighted by molar-refractivity contribution is -0.124. The highest BCUT2D eigenvalue weighted by atomic mass is 31.2. The maximum atomic E-state index is 11.9. The summed E-state index contributed by atoms with van der Waals surface area (Å²) in [6, 6.07) is 0. The van der Waals surface area contributed by atoms with E-state index >= 15 is 0 Å². The molecule has 0 heterocycles. The minimum Gasteiger partial charge on any atom is -0.356 e. The Morgan fingerprint density at radius 2 is 1.44 bits per heavy atom. The number of carbonyl (C=O) groups excluding carboxylic acids is 1. The largest absolute Gasteiger partial charge is 0.356 e. The second-order valence-corrected chi connectivity index (χ2v) is 9.31. The van der Waals surface area contributed by atoms with Gasteiger partial charge in [0.2, 0.25) is 5.91 Å². The summed E-state index contributed by atoms with van der Waals surface area (Å²) in [6.07, 6.45) is 16.4. The van der Waals surface area contributed by atoms with Crippen LogP contribution in [0.25, 0.3) is 0 Å². The quantitative estimate of drug-likeness (QED) is 0.311. The van der Waals surface area contributed by atoms with Gasteiger partial charge < -0.3 is 14.7 Å². The molecule has 0 aromatic heterocycles. The lowest BCUT2D eigenvalue weighted by atomic mass is 10.1. The first kappa shape index (κ1) is 22.7. The van der Waals surface area contributed by atoms with E-state index in [4.69, 9.17) is 9.42 Å². The van der Waals surface area contributed by atoms with E-state index in [-0.39, 0.29) is 5.91 Å². The second kappa shape index (κ2) is 13.8. The Kier molecular flexibility index (Phi) is 12.5. The van der Waals surface area contributed by atoms with Gasteiger partial charge in [-0.1, -0.05) is 64.2 Å². The highest BCUT2D eigenvalue weighted by Gasteiger charge is 2.21. The first-order chi connectivity index (χ1) is 12.0. The molecule has 0 aromatic carbocycles. The van der Waals surface area contributed by atoms with Crippen LogP contribution in [0.3, 0.4) is 0 Å². The zero-order valence-corrected chi connectivity index (χ0v) is 16.9. The molecule has 0 spiro atoms. The van der Waals surface area contributed by atoms with Crippen molar-refractivity contribution in [3.8, 4) is 0 Å². The molecule has 0 bridgehead atoms. The van der Waals surface area contributed by atoms with Crippen LogP contribution in [0.5, 0.6) is 0 Å². The fourth-order valence-electron chi connectivity index (χ4n) is 3.42. The smallest absolute Gasteiger partial charge is 0.325 e. The van der Waals surface area contributed by atoms with Gasteiger partial charge in [-0.25, -0.2) is 0 Å². The van der Waals surface area contributed by atoms with E-state index in [1.807, 2.05) is 0 Å². The molecule has 6 heteroatoms. The number of carbonyl (C=O) groups is 1. The van der Waals surface area contributed by atoms with Crippen LogP contribution < -0.4 is 5.32 Å². The van der Waals surface area contributed by atoms with Gasteiger partial charge in [0.15, 0.2) is 0 Å². The van der Waals surface area contributed by atoms with Crippen molar-refractivity contribution in [2.75, 3.05) is 19.8 Å². The Hall–Kier alpha value is -0.380. The molecule has 1 fully saturated rings. The van der Waals surface area contributed by atoms with Crippen molar-refractivity contribution in [2.45, 2.75) is 89.9 Å². The third kappa shape index (κ3) is 13.5. The van der Waals surface area contributed by atoms with E-state index in [1.165, 1.54) is 64.5 Å². The summed E-state index contributed by atoms with van der Waals surface area (Å²) >= 11 is 0. The lowest BCUT2D eigenvalue weighted by Gasteiger charge is -2.10. The van der Waals surface area contributed by atoms with Crippen LogP contribution >= 0.6 is 7.60 Å². The van der Waals surface area contributed by atoms with Crippen molar-refractivity contribution >= 4 is 13.5 Å². The third-order valence-electron chi connectivity index (χ3n) is 4.93. The van der Waals surface area contributed by atoms with E-state index in [0.717, 1.165) is 38.6 Å². The molecule has 1 aliphatic carbocycles. The predicted octanol–water partition coefficient (Wildman–Crippen LogP) is 5.03. The third-order valence-corrected chi connectivity index (χ3v) is 5.59. The monoisotopic (exact) mass is 375 g/mol. The van der Waals surface area contributed by atoms with Crippen molar-refractivity contribution in [3.63, 3.8) is 0 Å². The highest BCUT2D eigenvalue weighted by Crippen LogP contribution is 2.36. The van der Waals surface area contributed by atoms with Crippen molar-refractivity contribution in [2.24, 2.45) is 5.92 Å². The fourth-order valence-corrected chi connectivity index (χ4v) is 3.89. The van der Waals surface area contributed by atoms with Gasteiger partial charge in [0, 0.05) is 19.1 Å². The van der Waals surface area contributed by atoms with Crippen LogP contribution in [-0.2, 0) is 13.9 Å². The van der Waals surface area contributed by atoms with Gasteiger partial charge in [-0.2, -0.15) is 0 Å². The molecule has 5 nitrogen and oxygen atoms in total. The fraction of sp³-hybridized carbons (Fsp3) is 0.947. The molecule has 1 saturated carbocycles. The van der Waals surface area contributed by atoms with Crippen LogP contribution in [-0.4, -0.2) is 30.6 Å². The average Bonchev–Trinajstić information content (AvgIpc) is 3.08. The average molecular weight is 375 g/mol. The first-order valence-electron chi connectivity index (χ1n) is 10.2. The molecule has 0 aromatic rings. The number of hydrogen-bond acceptors (Lipinski definition) is 3. The summed E-state index contributed by atoms with van der Waals surface area (Å²) in [4.78, 5) is 20.8. The maximum absolute atomic E-state index is 11.9. The molecule has 1 amide bonds. The van der Waals surface area contributed by atoms with Crippen LogP contribution in [0, 0.1) is 5.92 Å². The Bertz CT molecular complexity index is 391.